The summed E-state index contributed by atoms with van der Waals surface area (Å²) < 4.78 is 5.13. The van der Waals surface area contributed by atoms with E-state index in [4.69, 9.17) is 4.74 Å². The number of hydrogen-bond donors (Lipinski definition) is 0. The summed E-state index contributed by atoms with van der Waals surface area (Å²) in [6, 6.07) is 21.7. The molecular formula is C26H31NO. The van der Waals surface area contributed by atoms with Gasteiger partial charge in [0.1, 0.15) is 0 Å². The van der Waals surface area contributed by atoms with Crippen LogP contribution in [0.5, 0.6) is 5.88 Å². The van der Waals surface area contributed by atoms with Crippen LogP contribution in [0.1, 0.15) is 51.0 Å². The predicted octanol–water partition coefficient (Wildman–Crippen LogP) is 7.33. The van der Waals surface area contributed by atoms with E-state index in [1.54, 1.807) is 7.11 Å². The van der Waals surface area contributed by atoms with Crippen LogP contribution in [0.15, 0.2) is 66.9 Å². The number of nitrogens with zero attached hydrogens (tertiary/aromatic N) is 1. The highest BCUT2D eigenvalue weighted by Crippen LogP contribution is 2.26. The minimum absolute atomic E-state index is 0.641. The van der Waals surface area contributed by atoms with Crippen LogP contribution in [0, 0.1) is 0 Å². The Morgan fingerprint density at radius 3 is 2.07 bits per heavy atom. The molecule has 0 aliphatic carbocycles. The first-order chi connectivity index (χ1) is 13.8. The molecule has 0 aliphatic heterocycles. The van der Waals surface area contributed by atoms with Gasteiger partial charge in [-0.3, -0.25) is 0 Å². The molecule has 28 heavy (non-hydrogen) atoms. The van der Waals surface area contributed by atoms with E-state index in [1.807, 2.05) is 18.3 Å². The second kappa shape index (κ2) is 10.7. The first kappa shape index (κ1) is 20.1. The maximum Gasteiger partial charge on any atom is 0.212 e. The van der Waals surface area contributed by atoms with Gasteiger partial charge in [0.15, 0.2) is 0 Å². The second-order valence-corrected chi connectivity index (χ2v) is 7.38. The lowest BCUT2D eigenvalue weighted by Crippen LogP contribution is -1.88. The van der Waals surface area contributed by atoms with E-state index in [1.165, 1.54) is 67.2 Å². The molecule has 0 fully saturated rings. The number of methoxy groups -OCH3 is 1. The summed E-state index contributed by atoms with van der Waals surface area (Å²) in [5.41, 5.74) is 6.26. The molecule has 2 nitrogen and oxygen atoms in total. The van der Waals surface area contributed by atoms with Gasteiger partial charge >= 0.3 is 0 Å². The van der Waals surface area contributed by atoms with Gasteiger partial charge in [0, 0.05) is 17.8 Å². The number of pyridine rings is 1. The van der Waals surface area contributed by atoms with E-state index < -0.39 is 0 Å². The van der Waals surface area contributed by atoms with Crippen molar-refractivity contribution in [3.63, 3.8) is 0 Å². The Kier molecular flexibility index (Phi) is 7.66. The molecule has 0 radical (unpaired) electrons. The summed E-state index contributed by atoms with van der Waals surface area (Å²) in [5, 5.41) is 0. The highest BCUT2D eigenvalue weighted by Gasteiger charge is 2.03. The molecule has 3 rings (SSSR count). The predicted molar refractivity (Wildman–Crippen MR) is 119 cm³/mol. The van der Waals surface area contributed by atoms with E-state index in [-0.39, 0.29) is 0 Å². The number of ether oxygens (including phenoxy) is 1. The van der Waals surface area contributed by atoms with Gasteiger partial charge in [-0.15, -0.1) is 0 Å². The molecule has 0 atom stereocenters. The van der Waals surface area contributed by atoms with Crippen LogP contribution < -0.4 is 4.74 Å². The van der Waals surface area contributed by atoms with E-state index in [0.29, 0.717) is 5.88 Å². The number of benzene rings is 2. The third-order valence-electron chi connectivity index (χ3n) is 5.24. The van der Waals surface area contributed by atoms with E-state index in [2.05, 4.69) is 60.4 Å². The van der Waals surface area contributed by atoms with Gasteiger partial charge in [0.05, 0.1) is 7.11 Å². The normalized spacial score (nSPS) is 10.8. The van der Waals surface area contributed by atoms with Crippen molar-refractivity contribution in [2.75, 3.05) is 7.11 Å². The SMILES string of the molecule is CCCCCCCCc1cccc(-c2ccc(-c3ccc(OC)nc3)cc2)c1. The standard InChI is InChI=1S/C26H31NO/c1-3-4-5-6-7-8-10-21-11-9-12-24(19-21)22-13-15-23(16-14-22)25-17-18-26(28-2)27-20-25/h9,11-20H,3-8,10H2,1-2H3. The summed E-state index contributed by atoms with van der Waals surface area (Å²) in [4.78, 5) is 4.30. The number of aromatic nitrogens is 1. The van der Waals surface area contributed by atoms with Gasteiger partial charge in [-0.1, -0.05) is 87.6 Å². The lowest BCUT2D eigenvalue weighted by atomic mass is 9.98. The molecule has 0 bridgehead atoms. The maximum atomic E-state index is 5.13. The molecule has 0 saturated heterocycles. The van der Waals surface area contributed by atoms with Crippen molar-refractivity contribution in [3.8, 4) is 28.1 Å². The topological polar surface area (TPSA) is 22.1 Å². The summed E-state index contributed by atoms with van der Waals surface area (Å²) in [7, 11) is 1.64. The lowest BCUT2D eigenvalue weighted by Gasteiger charge is -2.08. The van der Waals surface area contributed by atoms with Crippen LogP contribution in [0.4, 0.5) is 0 Å². The summed E-state index contributed by atoms with van der Waals surface area (Å²) >= 11 is 0. The van der Waals surface area contributed by atoms with Crippen molar-refractivity contribution in [2.24, 2.45) is 0 Å². The molecule has 0 N–H and O–H groups in total. The summed E-state index contributed by atoms with van der Waals surface area (Å²) in [6.45, 7) is 2.27. The van der Waals surface area contributed by atoms with Crippen LogP contribution in [0.2, 0.25) is 0 Å². The Morgan fingerprint density at radius 2 is 1.39 bits per heavy atom. The minimum atomic E-state index is 0.641. The zero-order valence-corrected chi connectivity index (χ0v) is 17.2. The van der Waals surface area contributed by atoms with Crippen molar-refractivity contribution in [3.05, 3.63) is 72.4 Å². The van der Waals surface area contributed by atoms with Gasteiger partial charge in [-0.2, -0.15) is 0 Å². The van der Waals surface area contributed by atoms with Gasteiger partial charge in [-0.25, -0.2) is 4.98 Å². The summed E-state index contributed by atoms with van der Waals surface area (Å²) in [5.74, 6) is 0.641. The molecule has 3 aromatic rings. The van der Waals surface area contributed by atoms with Crippen LogP contribution in [-0.2, 0) is 6.42 Å². The molecule has 0 saturated carbocycles. The first-order valence-electron chi connectivity index (χ1n) is 10.5. The van der Waals surface area contributed by atoms with Crippen LogP contribution in [0.25, 0.3) is 22.3 Å². The minimum Gasteiger partial charge on any atom is -0.481 e. The molecule has 0 amide bonds. The van der Waals surface area contributed by atoms with Gasteiger partial charge in [0.2, 0.25) is 5.88 Å². The zero-order valence-electron chi connectivity index (χ0n) is 17.2. The number of hydrogen-bond acceptors (Lipinski definition) is 2. The third kappa shape index (κ3) is 5.69. The van der Waals surface area contributed by atoms with Crippen LogP contribution in [0.3, 0.4) is 0 Å². The molecule has 0 spiro atoms. The Bertz CT molecular complexity index is 837. The maximum absolute atomic E-state index is 5.13. The van der Waals surface area contributed by atoms with Crippen molar-refractivity contribution in [1.29, 1.82) is 0 Å². The van der Waals surface area contributed by atoms with Gasteiger partial charge in [0.25, 0.3) is 0 Å². The largest absolute Gasteiger partial charge is 0.481 e. The molecular weight excluding hydrogens is 342 g/mol. The Labute approximate surface area is 169 Å². The Hall–Kier alpha value is -2.61. The van der Waals surface area contributed by atoms with Crippen molar-refractivity contribution < 1.29 is 4.74 Å². The molecule has 2 aromatic carbocycles. The summed E-state index contributed by atoms with van der Waals surface area (Å²) in [6.07, 6.45) is 11.1. The smallest absolute Gasteiger partial charge is 0.212 e. The van der Waals surface area contributed by atoms with E-state index in [0.717, 1.165) is 5.56 Å². The number of aryl methyl sites for hydroxylation is 1. The Balaban J connectivity index is 1.61. The van der Waals surface area contributed by atoms with E-state index >= 15 is 0 Å². The van der Waals surface area contributed by atoms with Crippen LogP contribution >= 0.6 is 0 Å². The molecule has 1 aromatic heterocycles. The average Bonchev–Trinajstić information content (AvgIpc) is 2.76. The van der Waals surface area contributed by atoms with Crippen molar-refractivity contribution in [2.45, 2.75) is 51.9 Å². The first-order valence-corrected chi connectivity index (χ1v) is 10.5. The van der Waals surface area contributed by atoms with Crippen molar-refractivity contribution >= 4 is 0 Å². The fourth-order valence-corrected chi connectivity index (χ4v) is 3.54. The molecule has 0 aliphatic rings. The fourth-order valence-electron chi connectivity index (χ4n) is 3.54. The quantitative estimate of drug-likeness (QED) is 0.347. The number of unbranched alkanes of at least 4 members (excludes halogenated alkanes) is 5. The zero-order chi connectivity index (χ0) is 19.6. The lowest BCUT2D eigenvalue weighted by molar-refractivity contribution is 0.398. The Morgan fingerprint density at radius 1 is 0.714 bits per heavy atom. The van der Waals surface area contributed by atoms with Gasteiger partial charge < -0.3 is 4.74 Å². The van der Waals surface area contributed by atoms with E-state index in [9.17, 15) is 0 Å². The molecule has 0 unspecified atom stereocenters. The van der Waals surface area contributed by atoms with Gasteiger partial charge in [-0.05, 0) is 41.2 Å². The highest BCUT2D eigenvalue weighted by molar-refractivity contribution is 5.70. The average molecular weight is 374 g/mol. The van der Waals surface area contributed by atoms with Crippen LogP contribution in [-0.4, -0.2) is 12.1 Å². The second-order valence-electron chi connectivity index (χ2n) is 7.38. The fraction of sp³-hybridized carbons (Fsp3) is 0.346. The van der Waals surface area contributed by atoms with Crippen molar-refractivity contribution in [1.82, 2.24) is 4.98 Å². The monoisotopic (exact) mass is 373 g/mol. The third-order valence-corrected chi connectivity index (χ3v) is 5.24. The molecule has 1 heterocycles. The highest BCUT2D eigenvalue weighted by atomic mass is 16.5. The molecule has 2 heteroatoms. The number of rotatable bonds is 10. The molecule has 146 valence electrons.